The summed E-state index contributed by atoms with van der Waals surface area (Å²) < 4.78 is 14.1. The standard InChI is InChI=1S/C10H15F/c1-3-10(11)7(2)8-4-5-9(10)6-8/h4-5,7-9H,3,6H2,1-2H3. The zero-order valence-electron chi connectivity index (χ0n) is 7.18. The first-order valence-electron chi connectivity index (χ1n) is 4.55. The van der Waals surface area contributed by atoms with Crippen LogP contribution in [-0.2, 0) is 0 Å². The maximum atomic E-state index is 14.1. The van der Waals surface area contributed by atoms with E-state index < -0.39 is 5.67 Å². The molecule has 0 radical (unpaired) electrons. The molecule has 0 spiro atoms. The van der Waals surface area contributed by atoms with Crippen LogP contribution in [0.15, 0.2) is 12.2 Å². The van der Waals surface area contributed by atoms with E-state index in [4.69, 9.17) is 0 Å². The quantitative estimate of drug-likeness (QED) is 0.509. The van der Waals surface area contributed by atoms with Crippen molar-refractivity contribution in [2.45, 2.75) is 32.4 Å². The topological polar surface area (TPSA) is 0 Å². The summed E-state index contributed by atoms with van der Waals surface area (Å²) in [5, 5.41) is 0. The summed E-state index contributed by atoms with van der Waals surface area (Å²) >= 11 is 0. The van der Waals surface area contributed by atoms with Gasteiger partial charge in [0.25, 0.3) is 0 Å². The molecular weight excluding hydrogens is 139 g/mol. The van der Waals surface area contributed by atoms with E-state index in [2.05, 4.69) is 19.1 Å². The number of allylic oxidation sites excluding steroid dienone is 2. The molecule has 0 saturated heterocycles. The van der Waals surface area contributed by atoms with Crippen LogP contribution in [0.4, 0.5) is 4.39 Å². The molecule has 2 aliphatic carbocycles. The Morgan fingerprint density at radius 2 is 2.27 bits per heavy atom. The number of alkyl halides is 1. The third-order valence-corrected chi connectivity index (χ3v) is 3.67. The average molecular weight is 154 g/mol. The summed E-state index contributed by atoms with van der Waals surface area (Å²) in [5.41, 5.74) is -0.876. The highest BCUT2D eigenvalue weighted by molar-refractivity contribution is 5.19. The maximum absolute atomic E-state index is 14.1. The fraction of sp³-hybridized carbons (Fsp3) is 0.800. The van der Waals surface area contributed by atoms with Gasteiger partial charge in [-0.2, -0.15) is 0 Å². The fourth-order valence-corrected chi connectivity index (χ4v) is 2.73. The number of hydrogen-bond donors (Lipinski definition) is 0. The number of halogens is 1. The smallest absolute Gasteiger partial charge is 0.120 e. The third kappa shape index (κ3) is 0.743. The van der Waals surface area contributed by atoms with E-state index in [-0.39, 0.29) is 11.8 Å². The van der Waals surface area contributed by atoms with Gasteiger partial charge in [0.2, 0.25) is 0 Å². The Kier molecular flexibility index (Phi) is 1.39. The molecule has 0 N–H and O–H groups in total. The molecule has 62 valence electrons. The van der Waals surface area contributed by atoms with Gasteiger partial charge in [-0.25, -0.2) is 4.39 Å². The molecule has 1 heteroatoms. The van der Waals surface area contributed by atoms with Crippen LogP contribution in [0.1, 0.15) is 26.7 Å². The minimum absolute atomic E-state index is 0.229. The Balaban J connectivity index is 2.31. The second-order valence-corrected chi connectivity index (χ2v) is 3.96. The van der Waals surface area contributed by atoms with Crippen molar-refractivity contribution >= 4 is 0 Å². The Morgan fingerprint density at radius 3 is 2.64 bits per heavy atom. The van der Waals surface area contributed by atoms with Crippen molar-refractivity contribution in [2.75, 3.05) is 0 Å². The molecular formula is C10H15F. The van der Waals surface area contributed by atoms with E-state index >= 15 is 0 Å². The lowest BCUT2D eigenvalue weighted by Crippen LogP contribution is -2.34. The van der Waals surface area contributed by atoms with Crippen molar-refractivity contribution in [3.63, 3.8) is 0 Å². The summed E-state index contributed by atoms with van der Waals surface area (Å²) in [7, 11) is 0. The molecule has 2 aliphatic rings. The Hall–Kier alpha value is -0.330. The van der Waals surface area contributed by atoms with Crippen molar-refractivity contribution in [3.05, 3.63) is 12.2 Å². The van der Waals surface area contributed by atoms with Gasteiger partial charge in [0.1, 0.15) is 5.67 Å². The molecule has 1 fully saturated rings. The Morgan fingerprint density at radius 1 is 1.55 bits per heavy atom. The molecule has 11 heavy (non-hydrogen) atoms. The van der Waals surface area contributed by atoms with Gasteiger partial charge in [0.05, 0.1) is 0 Å². The second-order valence-electron chi connectivity index (χ2n) is 3.96. The molecule has 0 aliphatic heterocycles. The largest absolute Gasteiger partial charge is 0.243 e. The first-order chi connectivity index (χ1) is 5.18. The lowest BCUT2D eigenvalue weighted by Gasteiger charge is -2.31. The lowest BCUT2D eigenvalue weighted by molar-refractivity contribution is 0.0710. The van der Waals surface area contributed by atoms with Crippen molar-refractivity contribution in [1.29, 1.82) is 0 Å². The van der Waals surface area contributed by atoms with E-state index in [1.165, 1.54) is 0 Å². The highest BCUT2D eigenvalue weighted by atomic mass is 19.1. The molecule has 0 aromatic carbocycles. The molecule has 2 bridgehead atoms. The summed E-state index contributed by atoms with van der Waals surface area (Å²) in [5.74, 6) is 1.01. The molecule has 4 atom stereocenters. The van der Waals surface area contributed by atoms with Crippen LogP contribution in [0.5, 0.6) is 0 Å². The molecule has 2 rings (SSSR count). The average Bonchev–Trinajstić information content (AvgIpc) is 2.56. The van der Waals surface area contributed by atoms with Gasteiger partial charge >= 0.3 is 0 Å². The maximum Gasteiger partial charge on any atom is 0.120 e. The normalized spacial score (nSPS) is 53.9. The number of hydrogen-bond acceptors (Lipinski definition) is 0. The zero-order valence-corrected chi connectivity index (χ0v) is 7.18. The summed E-state index contributed by atoms with van der Waals surface area (Å²) in [6.07, 6.45) is 6.02. The first-order valence-corrected chi connectivity index (χ1v) is 4.55. The van der Waals surface area contributed by atoms with Gasteiger partial charge in [-0.3, -0.25) is 0 Å². The van der Waals surface area contributed by atoms with Crippen LogP contribution < -0.4 is 0 Å². The first kappa shape index (κ1) is 7.33. The summed E-state index contributed by atoms with van der Waals surface area (Å²) in [6, 6.07) is 0. The number of rotatable bonds is 1. The Labute approximate surface area is 67.5 Å². The molecule has 0 heterocycles. The summed E-state index contributed by atoms with van der Waals surface area (Å²) in [4.78, 5) is 0. The monoisotopic (exact) mass is 154 g/mol. The van der Waals surface area contributed by atoms with E-state index in [1.54, 1.807) is 0 Å². The molecule has 1 saturated carbocycles. The van der Waals surface area contributed by atoms with Crippen molar-refractivity contribution < 1.29 is 4.39 Å². The highest BCUT2D eigenvalue weighted by Gasteiger charge is 2.53. The molecule has 0 amide bonds. The van der Waals surface area contributed by atoms with Gasteiger partial charge < -0.3 is 0 Å². The van der Waals surface area contributed by atoms with Gasteiger partial charge in [-0.05, 0) is 24.7 Å². The molecule has 0 aromatic rings. The van der Waals surface area contributed by atoms with E-state index in [0.717, 1.165) is 6.42 Å². The predicted molar refractivity (Wildman–Crippen MR) is 44.0 cm³/mol. The molecule has 0 nitrogen and oxygen atoms in total. The molecule has 4 unspecified atom stereocenters. The van der Waals surface area contributed by atoms with Crippen molar-refractivity contribution in [2.24, 2.45) is 17.8 Å². The fourth-order valence-electron chi connectivity index (χ4n) is 2.73. The van der Waals surface area contributed by atoms with Gasteiger partial charge in [-0.1, -0.05) is 26.0 Å². The molecule has 0 aromatic heterocycles. The van der Waals surface area contributed by atoms with Crippen LogP contribution in [0.2, 0.25) is 0 Å². The highest BCUT2D eigenvalue weighted by Crippen LogP contribution is 2.53. The minimum atomic E-state index is -0.876. The van der Waals surface area contributed by atoms with E-state index in [0.29, 0.717) is 12.3 Å². The minimum Gasteiger partial charge on any atom is -0.243 e. The van der Waals surface area contributed by atoms with Crippen LogP contribution in [0, 0.1) is 17.8 Å². The van der Waals surface area contributed by atoms with Crippen LogP contribution in [-0.4, -0.2) is 5.67 Å². The van der Waals surface area contributed by atoms with E-state index in [1.807, 2.05) is 6.92 Å². The van der Waals surface area contributed by atoms with Crippen LogP contribution in [0.3, 0.4) is 0 Å². The van der Waals surface area contributed by atoms with Gasteiger partial charge in [0.15, 0.2) is 0 Å². The van der Waals surface area contributed by atoms with Gasteiger partial charge in [-0.15, -0.1) is 0 Å². The zero-order chi connectivity index (χ0) is 8.06. The SMILES string of the molecule is CCC1(F)C2C=CC(C2)C1C. The lowest BCUT2D eigenvalue weighted by atomic mass is 9.80. The Bertz CT molecular complexity index is 197. The van der Waals surface area contributed by atoms with Crippen LogP contribution >= 0.6 is 0 Å². The predicted octanol–water partition coefficient (Wildman–Crippen LogP) is 2.95. The van der Waals surface area contributed by atoms with Crippen molar-refractivity contribution in [3.8, 4) is 0 Å². The third-order valence-electron chi connectivity index (χ3n) is 3.67. The summed E-state index contributed by atoms with van der Waals surface area (Å²) in [6.45, 7) is 4.02. The van der Waals surface area contributed by atoms with Crippen molar-refractivity contribution in [1.82, 2.24) is 0 Å². The van der Waals surface area contributed by atoms with E-state index in [9.17, 15) is 4.39 Å². The van der Waals surface area contributed by atoms with Crippen LogP contribution in [0.25, 0.3) is 0 Å². The van der Waals surface area contributed by atoms with Gasteiger partial charge in [0, 0.05) is 5.92 Å². The second kappa shape index (κ2) is 2.09. The number of fused-ring (bicyclic) bond motifs is 2.